The molecule has 0 radical (unpaired) electrons. The summed E-state index contributed by atoms with van der Waals surface area (Å²) in [5.74, 6) is 0. The standard InChI is InChI=1S/C14H28N2O4/c1-11(8-15-12(17)20-13(2,3)4)16-9-14(18-5)6-7-19-10-14/h11,16H,6-10H2,1-5H3,(H,15,17). The van der Waals surface area contributed by atoms with E-state index in [1.165, 1.54) is 0 Å². The summed E-state index contributed by atoms with van der Waals surface area (Å²) in [7, 11) is 1.71. The minimum absolute atomic E-state index is 0.134. The summed E-state index contributed by atoms with van der Waals surface area (Å²) < 4.78 is 16.1. The van der Waals surface area contributed by atoms with E-state index in [-0.39, 0.29) is 11.6 Å². The molecular formula is C14H28N2O4. The fraction of sp³-hybridized carbons (Fsp3) is 0.929. The Bertz CT molecular complexity index is 309. The molecule has 0 aliphatic carbocycles. The average molecular weight is 288 g/mol. The molecule has 2 N–H and O–H groups in total. The van der Waals surface area contributed by atoms with E-state index < -0.39 is 11.7 Å². The van der Waals surface area contributed by atoms with Gasteiger partial charge in [0.2, 0.25) is 0 Å². The van der Waals surface area contributed by atoms with Crippen molar-refractivity contribution >= 4 is 6.09 Å². The smallest absolute Gasteiger partial charge is 0.407 e. The Labute approximate surface area is 121 Å². The number of ether oxygens (including phenoxy) is 3. The number of methoxy groups -OCH3 is 1. The van der Waals surface area contributed by atoms with Crippen molar-refractivity contribution in [3.05, 3.63) is 0 Å². The summed E-state index contributed by atoms with van der Waals surface area (Å²) in [6, 6.07) is 0.134. The lowest BCUT2D eigenvalue weighted by atomic mass is 10.0. The molecule has 1 amide bonds. The largest absolute Gasteiger partial charge is 0.444 e. The van der Waals surface area contributed by atoms with Gasteiger partial charge in [-0.2, -0.15) is 0 Å². The molecule has 0 aromatic rings. The van der Waals surface area contributed by atoms with Gasteiger partial charge in [-0.05, 0) is 27.7 Å². The second-order valence-electron chi connectivity index (χ2n) is 6.35. The predicted molar refractivity (Wildman–Crippen MR) is 76.9 cm³/mol. The lowest BCUT2D eigenvalue weighted by molar-refractivity contribution is -0.0171. The molecule has 1 saturated heterocycles. The van der Waals surface area contributed by atoms with Crippen LogP contribution in [0.15, 0.2) is 0 Å². The van der Waals surface area contributed by atoms with Gasteiger partial charge in [0.05, 0.1) is 6.61 Å². The van der Waals surface area contributed by atoms with Crippen LogP contribution in [0.4, 0.5) is 4.79 Å². The summed E-state index contributed by atoms with van der Waals surface area (Å²) in [4.78, 5) is 11.5. The first kappa shape index (κ1) is 17.2. The number of rotatable bonds is 6. The summed E-state index contributed by atoms with van der Waals surface area (Å²) in [6.07, 6.45) is 0.500. The Hall–Kier alpha value is -0.850. The number of hydrogen-bond acceptors (Lipinski definition) is 5. The SMILES string of the molecule is COC1(CNC(C)CNC(=O)OC(C)(C)C)CCOC1. The van der Waals surface area contributed by atoms with Crippen LogP contribution in [0.25, 0.3) is 0 Å². The van der Waals surface area contributed by atoms with E-state index in [0.717, 1.165) is 13.0 Å². The highest BCUT2D eigenvalue weighted by atomic mass is 16.6. The number of alkyl carbamates (subject to hydrolysis) is 1. The number of amides is 1. The Balaban J connectivity index is 2.23. The van der Waals surface area contributed by atoms with Gasteiger partial charge in [0.25, 0.3) is 0 Å². The van der Waals surface area contributed by atoms with Crippen molar-refractivity contribution in [1.29, 1.82) is 0 Å². The normalized spacial score (nSPS) is 24.4. The van der Waals surface area contributed by atoms with Gasteiger partial charge in [0.15, 0.2) is 0 Å². The van der Waals surface area contributed by atoms with E-state index in [9.17, 15) is 4.79 Å². The summed E-state index contributed by atoms with van der Waals surface area (Å²) in [5.41, 5.74) is -0.706. The van der Waals surface area contributed by atoms with Gasteiger partial charge in [0.1, 0.15) is 11.2 Å². The third kappa shape index (κ3) is 6.07. The highest BCUT2D eigenvalue weighted by Gasteiger charge is 2.34. The van der Waals surface area contributed by atoms with E-state index in [4.69, 9.17) is 14.2 Å². The van der Waals surface area contributed by atoms with Crippen molar-refractivity contribution in [3.8, 4) is 0 Å². The van der Waals surface area contributed by atoms with E-state index in [1.807, 2.05) is 27.7 Å². The zero-order valence-electron chi connectivity index (χ0n) is 13.2. The second kappa shape index (κ2) is 7.24. The minimum atomic E-state index is -0.470. The molecule has 1 fully saturated rings. The van der Waals surface area contributed by atoms with Crippen LogP contribution in [0.5, 0.6) is 0 Å². The Kier molecular flexibility index (Phi) is 6.23. The Morgan fingerprint density at radius 3 is 2.65 bits per heavy atom. The van der Waals surface area contributed by atoms with Crippen LogP contribution in [0.3, 0.4) is 0 Å². The summed E-state index contributed by atoms with van der Waals surface area (Å²) in [5, 5.41) is 6.11. The third-order valence-corrected chi connectivity index (χ3v) is 3.22. The van der Waals surface area contributed by atoms with Gasteiger partial charge in [-0.3, -0.25) is 0 Å². The predicted octanol–water partition coefficient (Wildman–Crippen LogP) is 1.29. The zero-order chi connectivity index (χ0) is 15.2. The lowest BCUT2D eigenvalue weighted by Gasteiger charge is -2.28. The molecule has 20 heavy (non-hydrogen) atoms. The first-order chi connectivity index (χ1) is 9.26. The third-order valence-electron chi connectivity index (χ3n) is 3.22. The number of carbonyl (C=O) groups excluding carboxylic acids is 1. The minimum Gasteiger partial charge on any atom is -0.444 e. The summed E-state index contributed by atoms with van der Waals surface area (Å²) >= 11 is 0. The van der Waals surface area contributed by atoms with Gasteiger partial charge in [-0.25, -0.2) is 4.79 Å². The van der Waals surface area contributed by atoms with Crippen LogP contribution in [-0.4, -0.2) is 56.8 Å². The van der Waals surface area contributed by atoms with E-state index in [2.05, 4.69) is 10.6 Å². The lowest BCUT2D eigenvalue weighted by Crippen LogP contribution is -2.49. The molecule has 0 aromatic heterocycles. The van der Waals surface area contributed by atoms with Crippen LogP contribution in [-0.2, 0) is 14.2 Å². The van der Waals surface area contributed by atoms with Crippen molar-refractivity contribution in [2.75, 3.05) is 33.4 Å². The molecule has 1 aliphatic heterocycles. The second-order valence-corrected chi connectivity index (χ2v) is 6.35. The maximum Gasteiger partial charge on any atom is 0.407 e. The molecule has 2 unspecified atom stereocenters. The maximum atomic E-state index is 11.5. The van der Waals surface area contributed by atoms with Gasteiger partial charge in [-0.1, -0.05) is 0 Å². The molecular weight excluding hydrogens is 260 g/mol. The van der Waals surface area contributed by atoms with E-state index in [1.54, 1.807) is 7.11 Å². The Morgan fingerprint density at radius 1 is 1.45 bits per heavy atom. The number of nitrogens with one attached hydrogen (secondary N) is 2. The molecule has 118 valence electrons. The van der Waals surface area contributed by atoms with Crippen molar-refractivity contribution in [1.82, 2.24) is 10.6 Å². The highest BCUT2D eigenvalue weighted by molar-refractivity contribution is 5.67. The van der Waals surface area contributed by atoms with E-state index >= 15 is 0 Å². The molecule has 0 bridgehead atoms. The first-order valence-electron chi connectivity index (χ1n) is 7.09. The first-order valence-corrected chi connectivity index (χ1v) is 7.09. The maximum absolute atomic E-state index is 11.5. The van der Waals surface area contributed by atoms with Crippen LogP contribution >= 0.6 is 0 Å². The topological polar surface area (TPSA) is 68.8 Å². The zero-order valence-corrected chi connectivity index (χ0v) is 13.2. The molecule has 1 aliphatic rings. The fourth-order valence-electron chi connectivity index (χ4n) is 1.94. The molecule has 2 atom stereocenters. The van der Waals surface area contributed by atoms with Crippen molar-refractivity contribution < 1.29 is 19.0 Å². The van der Waals surface area contributed by atoms with Crippen molar-refractivity contribution in [3.63, 3.8) is 0 Å². The van der Waals surface area contributed by atoms with Crippen molar-refractivity contribution in [2.24, 2.45) is 0 Å². The van der Waals surface area contributed by atoms with Crippen LogP contribution in [0.2, 0.25) is 0 Å². The van der Waals surface area contributed by atoms with Crippen LogP contribution < -0.4 is 10.6 Å². The van der Waals surface area contributed by atoms with Gasteiger partial charge in [0, 0.05) is 39.3 Å². The van der Waals surface area contributed by atoms with Gasteiger partial charge < -0.3 is 24.8 Å². The fourth-order valence-corrected chi connectivity index (χ4v) is 1.94. The van der Waals surface area contributed by atoms with Crippen molar-refractivity contribution in [2.45, 2.75) is 51.4 Å². The monoisotopic (exact) mass is 288 g/mol. The molecule has 1 heterocycles. The average Bonchev–Trinajstić information content (AvgIpc) is 2.81. The molecule has 6 nitrogen and oxygen atoms in total. The molecule has 1 rings (SSSR count). The van der Waals surface area contributed by atoms with E-state index in [0.29, 0.717) is 19.7 Å². The molecule has 0 aromatic carbocycles. The van der Waals surface area contributed by atoms with Crippen LogP contribution in [0.1, 0.15) is 34.1 Å². The summed E-state index contributed by atoms with van der Waals surface area (Å²) in [6.45, 7) is 10.1. The molecule has 0 spiro atoms. The molecule has 6 heteroatoms. The van der Waals surface area contributed by atoms with Gasteiger partial charge in [-0.15, -0.1) is 0 Å². The van der Waals surface area contributed by atoms with Gasteiger partial charge >= 0.3 is 6.09 Å². The number of carbonyl (C=O) groups is 1. The van der Waals surface area contributed by atoms with Crippen LogP contribution in [0, 0.1) is 0 Å². The number of hydrogen-bond donors (Lipinski definition) is 2. The quantitative estimate of drug-likeness (QED) is 0.771. The molecule has 0 saturated carbocycles. The highest BCUT2D eigenvalue weighted by Crippen LogP contribution is 2.21. The Morgan fingerprint density at radius 2 is 2.15 bits per heavy atom.